The minimum Gasteiger partial charge on any atom is -0.384 e. The Morgan fingerprint density at radius 1 is 1.05 bits per heavy atom. The number of hydrogen-bond acceptors (Lipinski definition) is 2. The fraction of sp³-hybridized carbons (Fsp3) is 0.0714. The van der Waals surface area contributed by atoms with Crippen LogP contribution in [0.4, 0.5) is 13.2 Å². The van der Waals surface area contributed by atoms with E-state index in [0.717, 1.165) is 11.0 Å². The van der Waals surface area contributed by atoms with Crippen LogP contribution in [0, 0.1) is 5.41 Å². The maximum Gasteiger partial charge on any atom is 0.417 e. The molecule has 2 rings (SSSR count). The van der Waals surface area contributed by atoms with E-state index in [-0.39, 0.29) is 5.56 Å². The van der Waals surface area contributed by atoms with Crippen molar-refractivity contribution >= 4 is 29.2 Å². The third-order valence-electron chi connectivity index (χ3n) is 2.64. The van der Waals surface area contributed by atoms with Crippen molar-refractivity contribution in [3.8, 4) is 0 Å². The van der Waals surface area contributed by atoms with Gasteiger partial charge >= 0.3 is 6.18 Å². The van der Waals surface area contributed by atoms with E-state index in [4.69, 9.17) is 22.7 Å². The van der Waals surface area contributed by atoms with Gasteiger partial charge in [-0.25, -0.2) is 0 Å². The van der Waals surface area contributed by atoms with Gasteiger partial charge in [-0.05, 0) is 42.5 Å². The van der Waals surface area contributed by atoms with Gasteiger partial charge in [-0.1, -0.05) is 23.4 Å². The van der Waals surface area contributed by atoms with Gasteiger partial charge in [-0.15, -0.1) is 0 Å². The van der Waals surface area contributed by atoms with Crippen molar-refractivity contribution in [3.05, 3.63) is 58.6 Å². The number of alkyl halides is 3. The standard InChI is InChI=1S/C14H10ClF3N2S/c15-8-1-3-9(4-2-8)21-10-5-6-11(13(19)20)12(7-10)14(16,17)18/h1-7H,(H3,19,20). The summed E-state index contributed by atoms with van der Waals surface area (Å²) in [5, 5.41) is 7.79. The predicted molar refractivity (Wildman–Crippen MR) is 78.0 cm³/mol. The van der Waals surface area contributed by atoms with E-state index in [1.54, 1.807) is 24.3 Å². The Hall–Kier alpha value is -1.66. The van der Waals surface area contributed by atoms with Crippen LogP contribution in [0.2, 0.25) is 5.02 Å². The highest BCUT2D eigenvalue weighted by Crippen LogP contribution is 2.36. The molecule has 0 bridgehead atoms. The molecule has 2 aromatic rings. The second-order valence-corrected chi connectivity index (χ2v) is 5.76. The van der Waals surface area contributed by atoms with Crippen LogP contribution >= 0.6 is 23.4 Å². The van der Waals surface area contributed by atoms with Crippen LogP contribution in [0.15, 0.2) is 52.3 Å². The Labute approximate surface area is 128 Å². The molecule has 0 aliphatic carbocycles. The summed E-state index contributed by atoms with van der Waals surface area (Å²) in [6.45, 7) is 0. The highest BCUT2D eigenvalue weighted by atomic mass is 35.5. The summed E-state index contributed by atoms with van der Waals surface area (Å²) in [5.41, 5.74) is 3.97. The smallest absolute Gasteiger partial charge is 0.384 e. The lowest BCUT2D eigenvalue weighted by molar-refractivity contribution is -0.137. The van der Waals surface area contributed by atoms with Crippen molar-refractivity contribution in [1.82, 2.24) is 0 Å². The van der Waals surface area contributed by atoms with Gasteiger partial charge in [0, 0.05) is 20.4 Å². The number of hydrogen-bond donors (Lipinski definition) is 2. The van der Waals surface area contributed by atoms with Gasteiger partial charge in [0.15, 0.2) is 0 Å². The second-order valence-electron chi connectivity index (χ2n) is 4.17. The maximum atomic E-state index is 13.0. The van der Waals surface area contributed by atoms with Gasteiger partial charge in [-0.2, -0.15) is 13.2 Å². The van der Waals surface area contributed by atoms with Gasteiger partial charge in [0.25, 0.3) is 0 Å². The number of nitrogens with two attached hydrogens (primary N) is 1. The highest BCUT2D eigenvalue weighted by Gasteiger charge is 2.34. The lowest BCUT2D eigenvalue weighted by Crippen LogP contribution is -2.18. The minimum atomic E-state index is -4.56. The third-order valence-corrected chi connectivity index (χ3v) is 3.89. The van der Waals surface area contributed by atoms with E-state index < -0.39 is 17.6 Å². The summed E-state index contributed by atoms with van der Waals surface area (Å²) in [6, 6.07) is 10.5. The summed E-state index contributed by atoms with van der Waals surface area (Å²) in [7, 11) is 0. The molecule has 2 nitrogen and oxygen atoms in total. The van der Waals surface area contributed by atoms with Gasteiger partial charge in [-0.3, -0.25) is 5.41 Å². The molecule has 3 N–H and O–H groups in total. The predicted octanol–water partition coefficient (Wildman–Crippen LogP) is 4.79. The first-order valence-electron chi connectivity index (χ1n) is 5.76. The van der Waals surface area contributed by atoms with Gasteiger partial charge in [0.2, 0.25) is 0 Å². The Morgan fingerprint density at radius 2 is 1.62 bits per heavy atom. The summed E-state index contributed by atoms with van der Waals surface area (Å²) in [4.78, 5) is 1.18. The number of benzene rings is 2. The maximum absolute atomic E-state index is 13.0. The molecule has 0 saturated carbocycles. The van der Waals surface area contributed by atoms with Crippen LogP contribution < -0.4 is 5.73 Å². The molecule has 0 heterocycles. The minimum absolute atomic E-state index is 0.317. The molecule has 0 aliphatic heterocycles. The molecule has 7 heteroatoms. The first-order chi connectivity index (χ1) is 9.77. The molecule has 0 atom stereocenters. The zero-order valence-electron chi connectivity index (χ0n) is 10.5. The van der Waals surface area contributed by atoms with E-state index in [2.05, 4.69) is 0 Å². The summed E-state index contributed by atoms with van der Waals surface area (Å²) >= 11 is 6.94. The Balaban J connectivity index is 2.38. The number of nitrogen functional groups attached to an aromatic ring is 1. The first-order valence-corrected chi connectivity index (χ1v) is 6.96. The lowest BCUT2D eigenvalue weighted by Gasteiger charge is -2.13. The van der Waals surface area contributed by atoms with Crippen molar-refractivity contribution in [2.24, 2.45) is 5.73 Å². The first kappa shape index (κ1) is 15.7. The van der Waals surface area contributed by atoms with Crippen molar-refractivity contribution in [2.75, 3.05) is 0 Å². The topological polar surface area (TPSA) is 49.9 Å². The van der Waals surface area contributed by atoms with Gasteiger partial charge in [0.05, 0.1) is 5.56 Å². The van der Waals surface area contributed by atoms with E-state index in [9.17, 15) is 13.2 Å². The Kier molecular flexibility index (Phi) is 4.49. The summed E-state index contributed by atoms with van der Waals surface area (Å²) < 4.78 is 39.0. The van der Waals surface area contributed by atoms with Crippen LogP contribution in [0.3, 0.4) is 0 Å². The van der Waals surface area contributed by atoms with Gasteiger partial charge in [0.1, 0.15) is 5.84 Å². The summed E-state index contributed by atoms with van der Waals surface area (Å²) in [5.74, 6) is -0.606. The van der Waals surface area contributed by atoms with E-state index in [0.29, 0.717) is 9.92 Å². The van der Waals surface area contributed by atoms with Crippen LogP contribution in [0.25, 0.3) is 0 Å². The lowest BCUT2D eigenvalue weighted by atomic mass is 10.1. The molecule has 0 aliphatic rings. The molecule has 110 valence electrons. The Morgan fingerprint density at radius 3 is 2.14 bits per heavy atom. The quantitative estimate of drug-likeness (QED) is 0.627. The van der Waals surface area contributed by atoms with Crippen LogP contribution in [-0.4, -0.2) is 5.84 Å². The van der Waals surface area contributed by atoms with Crippen molar-refractivity contribution < 1.29 is 13.2 Å². The molecule has 2 aromatic carbocycles. The van der Waals surface area contributed by atoms with E-state index >= 15 is 0 Å². The van der Waals surface area contributed by atoms with Crippen molar-refractivity contribution in [2.45, 2.75) is 16.0 Å². The molecule has 0 spiro atoms. The molecule has 0 amide bonds. The molecule has 0 fully saturated rings. The molecule has 0 radical (unpaired) electrons. The van der Waals surface area contributed by atoms with Crippen LogP contribution in [0.5, 0.6) is 0 Å². The van der Waals surface area contributed by atoms with E-state index in [1.807, 2.05) is 0 Å². The Bertz CT molecular complexity index is 669. The fourth-order valence-electron chi connectivity index (χ4n) is 1.69. The van der Waals surface area contributed by atoms with Gasteiger partial charge < -0.3 is 5.73 Å². The largest absolute Gasteiger partial charge is 0.417 e. The zero-order valence-corrected chi connectivity index (χ0v) is 12.1. The average Bonchev–Trinajstić information content (AvgIpc) is 2.40. The number of nitrogens with one attached hydrogen (secondary N) is 1. The molecule has 0 saturated heterocycles. The normalized spacial score (nSPS) is 11.4. The average molecular weight is 331 g/mol. The van der Waals surface area contributed by atoms with Crippen molar-refractivity contribution in [3.63, 3.8) is 0 Å². The molecule has 21 heavy (non-hydrogen) atoms. The fourth-order valence-corrected chi connectivity index (χ4v) is 2.68. The number of halogens is 4. The number of amidine groups is 1. The molecular formula is C14H10ClF3N2S. The SMILES string of the molecule is N=C(N)c1ccc(Sc2ccc(Cl)cc2)cc1C(F)(F)F. The molecule has 0 aromatic heterocycles. The third kappa shape index (κ3) is 3.92. The number of rotatable bonds is 3. The van der Waals surface area contributed by atoms with Crippen LogP contribution in [-0.2, 0) is 6.18 Å². The second kappa shape index (κ2) is 5.99. The van der Waals surface area contributed by atoms with Crippen molar-refractivity contribution in [1.29, 1.82) is 5.41 Å². The highest BCUT2D eigenvalue weighted by molar-refractivity contribution is 7.99. The molecular weight excluding hydrogens is 321 g/mol. The zero-order chi connectivity index (χ0) is 15.6. The monoisotopic (exact) mass is 330 g/mol. The van der Waals surface area contributed by atoms with E-state index in [1.165, 1.54) is 23.9 Å². The summed E-state index contributed by atoms with van der Waals surface area (Å²) in [6.07, 6.45) is -4.56. The molecule has 0 unspecified atom stereocenters. The van der Waals surface area contributed by atoms with Crippen LogP contribution in [0.1, 0.15) is 11.1 Å².